The molecule has 0 radical (unpaired) electrons. The molecular formula is C27H22Cl3NO5. The van der Waals surface area contributed by atoms with Crippen LogP contribution < -0.4 is 4.74 Å². The van der Waals surface area contributed by atoms with Crippen LogP contribution in [-0.4, -0.2) is 31.4 Å². The van der Waals surface area contributed by atoms with Crippen molar-refractivity contribution in [1.29, 1.82) is 0 Å². The molecule has 0 bridgehead atoms. The molecule has 6 nitrogen and oxygen atoms in total. The van der Waals surface area contributed by atoms with Gasteiger partial charge in [0.25, 0.3) is 0 Å². The lowest BCUT2D eigenvalue weighted by Gasteiger charge is -2.10. The zero-order valence-electron chi connectivity index (χ0n) is 19.3. The normalized spacial score (nSPS) is 10.9. The molecule has 0 N–H and O–H groups in total. The topological polar surface area (TPSA) is 70.8 Å². The molecule has 0 saturated heterocycles. The minimum Gasteiger partial charge on any atom is -0.490 e. The average molecular weight is 547 g/mol. The van der Waals surface area contributed by atoms with Gasteiger partial charge in [0.2, 0.25) is 0 Å². The lowest BCUT2D eigenvalue weighted by Crippen LogP contribution is -2.07. The van der Waals surface area contributed by atoms with Gasteiger partial charge in [-0.3, -0.25) is 4.79 Å². The van der Waals surface area contributed by atoms with Crippen molar-refractivity contribution in [1.82, 2.24) is 5.16 Å². The van der Waals surface area contributed by atoms with Crippen molar-refractivity contribution in [2.75, 3.05) is 20.3 Å². The fourth-order valence-electron chi connectivity index (χ4n) is 3.55. The molecule has 4 aromatic rings. The van der Waals surface area contributed by atoms with Crippen LogP contribution in [0.15, 0.2) is 71.3 Å². The number of aromatic nitrogens is 1. The monoisotopic (exact) mass is 545 g/mol. The van der Waals surface area contributed by atoms with Crippen LogP contribution in [0.25, 0.3) is 22.6 Å². The fourth-order valence-corrected chi connectivity index (χ4v) is 4.30. The van der Waals surface area contributed by atoms with Crippen LogP contribution in [-0.2, 0) is 27.3 Å². The Morgan fingerprint density at radius 1 is 0.944 bits per heavy atom. The Balaban J connectivity index is 1.52. The van der Waals surface area contributed by atoms with E-state index in [2.05, 4.69) is 5.16 Å². The first-order valence-electron chi connectivity index (χ1n) is 11.0. The lowest BCUT2D eigenvalue weighted by atomic mass is 10.0. The van der Waals surface area contributed by atoms with Crippen LogP contribution in [0, 0.1) is 0 Å². The van der Waals surface area contributed by atoms with Crippen LogP contribution in [0.5, 0.6) is 5.75 Å². The number of esters is 1. The Morgan fingerprint density at radius 3 is 2.47 bits per heavy atom. The number of hydrogen-bond donors (Lipinski definition) is 0. The van der Waals surface area contributed by atoms with Crippen LogP contribution in [0.3, 0.4) is 0 Å². The van der Waals surface area contributed by atoms with Gasteiger partial charge in [0.05, 0.1) is 42.4 Å². The Morgan fingerprint density at radius 2 is 1.75 bits per heavy atom. The molecule has 0 amide bonds. The Labute approximate surface area is 223 Å². The molecule has 0 spiro atoms. The van der Waals surface area contributed by atoms with E-state index in [0.717, 1.165) is 16.7 Å². The summed E-state index contributed by atoms with van der Waals surface area (Å²) in [5, 5.41) is 5.71. The Bertz CT molecular complexity index is 1340. The Kier molecular flexibility index (Phi) is 8.88. The third-order valence-electron chi connectivity index (χ3n) is 5.31. The third kappa shape index (κ3) is 6.39. The van der Waals surface area contributed by atoms with Gasteiger partial charge < -0.3 is 18.7 Å². The minimum absolute atomic E-state index is 0.123. The molecule has 1 heterocycles. The van der Waals surface area contributed by atoms with E-state index in [1.165, 1.54) is 7.11 Å². The van der Waals surface area contributed by atoms with Crippen LogP contribution >= 0.6 is 34.8 Å². The molecule has 0 saturated carbocycles. The van der Waals surface area contributed by atoms with Crippen molar-refractivity contribution < 1.29 is 23.5 Å². The second-order valence-electron chi connectivity index (χ2n) is 7.75. The molecule has 0 atom stereocenters. The summed E-state index contributed by atoms with van der Waals surface area (Å²) >= 11 is 18.7. The molecule has 3 aromatic carbocycles. The number of nitrogens with zero attached hydrogens (tertiary/aromatic N) is 1. The number of hydrogen-bond acceptors (Lipinski definition) is 6. The summed E-state index contributed by atoms with van der Waals surface area (Å²) in [6, 6.07) is 20.0. The highest BCUT2D eigenvalue weighted by Crippen LogP contribution is 2.36. The smallest absolute Gasteiger partial charge is 0.309 e. The maximum atomic E-state index is 11.6. The molecule has 0 fully saturated rings. The highest BCUT2D eigenvalue weighted by atomic mass is 35.5. The lowest BCUT2D eigenvalue weighted by molar-refractivity contribution is -0.139. The van der Waals surface area contributed by atoms with E-state index in [4.69, 9.17) is 53.5 Å². The predicted molar refractivity (Wildman–Crippen MR) is 140 cm³/mol. The van der Waals surface area contributed by atoms with Gasteiger partial charge in [-0.05, 0) is 29.8 Å². The molecule has 186 valence electrons. The quantitative estimate of drug-likeness (QED) is 0.154. The van der Waals surface area contributed by atoms with Gasteiger partial charge >= 0.3 is 5.97 Å². The largest absolute Gasteiger partial charge is 0.490 e. The van der Waals surface area contributed by atoms with Gasteiger partial charge in [0, 0.05) is 16.1 Å². The summed E-state index contributed by atoms with van der Waals surface area (Å²) in [5.74, 6) is 0.768. The second kappa shape index (κ2) is 12.3. The summed E-state index contributed by atoms with van der Waals surface area (Å²) in [7, 11) is 1.35. The van der Waals surface area contributed by atoms with Crippen molar-refractivity contribution >= 4 is 40.8 Å². The summed E-state index contributed by atoms with van der Waals surface area (Å²) in [6.07, 6.45) is 0.123. The van der Waals surface area contributed by atoms with Crippen LogP contribution in [0.2, 0.25) is 15.1 Å². The fraction of sp³-hybridized carbons (Fsp3) is 0.185. The van der Waals surface area contributed by atoms with Gasteiger partial charge in [-0.25, -0.2) is 0 Å². The average Bonchev–Trinajstić information content (AvgIpc) is 3.29. The molecule has 0 unspecified atom stereocenters. The number of halogens is 3. The summed E-state index contributed by atoms with van der Waals surface area (Å²) < 4.78 is 22.1. The van der Waals surface area contributed by atoms with E-state index in [0.29, 0.717) is 44.4 Å². The second-order valence-corrected chi connectivity index (χ2v) is 9.00. The highest BCUT2D eigenvalue weighted by Gasteiger charge is 2.21. The van der Waals surface area contributed by atoms with Crippen LogP contribution in [0.4, 0.5) is 0 Å². The zero-order chi connectivity index (χ0) is 25.5. The van der Waals surface area contributed by atoms with Crippen molar-refractivity contribution in [3.05, 3.63) is 92.9 Å². The van der Waals surface area contributed by atoms with Gasteiger partial charge in [0.15, 0.2) is 5.76 Å². The molecule has 0 aliphatic heterocycles. The number of benzene rings is 3. The van der Waals surface area contributed by atoms with E-state index < -0.39 is 0 Å². The number of carbonyl (C=O) groups excluding carboxylic acids is 1. The number of ether oxygens (including phenoxy) is 3. The van der Waals surface area contributed by atoms with Gasteiger partial charge in [-0.15, -0.1) is 0 Å². The van der Waals surface area contributed by atoms with Crippen molar-refractivity contribution in [3.63, 3.8) is 0 Å². The molecule has 9 heteroatoms. The summed E-state index contributed by atoms with van der Waals surface area (Å²) in [6.45, 7) is 0.788. The SMILES string of the molecule is COC(=O)Cc1ccc(-c2noc(-c3ccccc3)c2COCCOc2ccc(Cl)cc2Cl)c(Cl)c1. The Hall–Kier alpha value is -3.03. The standard InChI is InChI=1S/C27H22Cl3NO5/c1-33-25(32)14-17-7-9-20(22(29)13-17)26-21(27(36-31-26)18-5-3-2-4-6-18)16-34-11-12-35-24-10-8-19(28)15-23(24)30/h2-10,13,15H,11-12,14,16H2,1H3. The van der Waals surface area contributed by atoms with E-state index in [1.54, 1.807) is 24.3 Å². The van der Waals surface area contributed by atoms with Gasteiger partial charge in [-0.2, -0.15) is 0 Å². The van der Waals surface area contributed by atoms with Gasteiger partial charge in [-0.1, -0.05) is 82.4 Å². The summed E-state index contributed by atoms with van der Waals surface area (Å²) in [4.78, 5) is 11.6. The maximum Gasteiger partial charge on any atom is 0.309 e. The first-order chi connectivity index (χ1) is 17.5. The molecule has 0 aliphatic carbocycles. The maximum absolute atomic E-state index is 11.6. The van der Waals surface area contributed by atoms with E-state index in [9.17, 15) is 4.79 Å². The minimum atomic E-state index is -0.345. The van der Waals surface area contributed by atoms with Crippen molar-refractivity contribution in [2.45, 2.75) is 13.0 Å². The van der Waals surface area contributed by atoms with Crippen molar-refractivity contribution in [2.24, 2.45) is 0 Å². The number of rotatable bonds is 10. The van der Waals surface area contributed by atoms with E-state index in [-0.39, 0.29) is 25.6 Å². The first kappa shape index (κ1) is 26.0. The molecule has 1 aromatic heterocycles. The van der Waals surface area contributed by atoms with Crippen molar-refractivity contribution in [3.8, 4) is 28.3 Å². The molecule has 4 rings (SSSR count). The molecule has 0 aliphatic rings. The van der Waals surface area contributed by atoms with E-state index >= 15 is 0 Å². The first-order valence-corrected chi connectivity index (χ1v) is 12.1. The molecular weight excluding hydrogens is 525 g/mol. The zero-order valence-corrected chi connectivity index (χ0v) is 21.6. The van der Waals surface area contributed by atoms with Crippen LogP contribution in [0.1, 0.15) is 11.1 Å². The number of methoxy groups -OCH3 is 1. The van der Waals surface area contributed by atoms with Gasteiger partial charge in [0.1, 0.15) is 18.1 Å². The third-order valence-corrected chi connectivity index (χ3v) is 6.16. The predicted octanol–water partition coefficient (Wildman–Crippen LogP) is 7.28. The van der Waals surface area contributed by atoms with E-state index in [1.807, 2.05) is 42.5 Å². The summed E-state index contributed by atoms with van der Waals surface area (Å²) in [5.41, 5.74) is 3.56. The highest BCUT2D eigenvalue weighted by molar-refractivity contribution is 6.35. The molecule has 36 heavy (non-hydrogen) atoms. The number of carbonyl (C=O) groups is 1.